The number of anilines is 1. The SMILES string of the molecule is CNc1cc(CN(CC(C)(C)C)C(=O)OCO)c(O)c2c1CC1CC3[C@H](NC)C(=O)C(C(N)=O)=C(O)C3(O)C(=O)C1=C2O. The number of nitrogens with one attached hydrogen (secondary N) is 2. The lowest BCUT2D eigenvalue weighted by Gasteiger charge is -2.49. The minimum absolute atomic E-state index is 0.0492. The first-order valence-electron chi connectivity index (χ1n) is 13.8. The number of phenols is 1. The van der Waals surface area contributed by atoms with Crippen LogP contribution in [0.15, 0.2) is 23.0 Å². The maximum absolute atomic E-state index is 14.0. The topological polar surface area (TPSA) is 232 Å². The van der Waals surface area contributed by atoms with Crippen LogP contribution in [0.3, 0.4) is 0 Å². The Hall–Kier alpha value is -4.14. The molecule has 0 saturated heterocycles. The van der Waals surface area contributed by atoms with Crippen molar-refractivity contribution in [2.45, 2.75) is 51.8 Å². The average Bonchev–Trinajstić information content (AvgIpc) is 2.91. The molecule has 0 bridgehead atoms. The van der Waals surface area contributed by atoms with Gasteiger partial charge in [0.15, 0.2) is 18.2 Å². The van der Waals surface area contributed by atoms with Crippen molar-refractivity contribution < 1.29 is 49.4 Å². The minimum atomic E-state index is -2.75. The largest absolute Gasteiger partial charge is 0.508 e. The molecule has 0 aromatic heterocycles. The van der Waals surface area contributed by atoms with E-state index in [0.29, 0.717) is 11.3 Å². The van der Waals surface area contributed by atoms with Crippen LogP contribution < -0.4 is 16.4 Å². The van der Waals surface area contributed by atoms with Gasteiger partial charge in [-0.1, -0.05) is 20.8 Å². The summed E-state index contributed by atoms with van der Waals surface area (Å²) in [7, 11) is 3.03. The Bertz CT molecular complexity index is 1460. The summed E-state index contributed by atoms with van der Waals surface area (Å²) in [4.78, 5) is 53.0. The Kier molecular flexibility index (Phi) is 8.26. The fourth-order valence-electron chi connectivity index (χ4n) is 6.59. The second-order valence-corrected chi connectivity index (χ2v) is 12.3. The fraction of sp³-hybridized carbons (Fsp3) is 0.517. The first-order valence-corrected chi connectivity index (χ1v) is 13.8. The van der Waals surface area contributed by atoms with Crippen LogP contribution in [0, 0.1) is 17.3 Å². The molecule has 1 fully saturated rings. The van der Waals surface area contributed by atoms with Crippen molar-refractivity contribution in [1.82, 2.24) is 10.2 Å². The van der Waals surface area contributed by atoms with Crippen LogP contribution in [0.2, 0.25) is 0 Å². The molecule has 1 aromatic rings. The van der Waals surface area contributed by atoms with E-state index >= 15 is 0 Å². The number of nitrogens with zero attached hydrogens (tertiary/aromatic N) is 1. The Labute approximate surface area is 247 Å². The van der Waals surface area contributed by atoms with E-state index in [-0.39, 0.29) is 42.6 Å². The third-order valence-corrected chi connectivity index (χ3v) is 8.33. The van der Waals surface area contributed by atoms with E-state index in [1.54, 1.807) is 13.1 Å². The van der Waals surface area contributed by atoms with Gasteiger partial charge in [0.25, 0.3) is 5.91 Å². The number of fused-ring (bicyclic) bond motifs is 3. The second-order valence-electron chi connectivity index (χ2n) is 12.3. The number of hydrogen-bond acceptors (Lipinski definition) is 12. The lowest BCUT2D eigenvalue weighted by atomic mass is 9.57. The summed E-state index contributed by atoms with van der Waals surface area (Å²) in [5.41, 5.74) is 2.00. The molecule has 1 aromatic carbocycles. The van der Waals surface area contributed by atoms with E-state index in [2.05, 4.69) is 10.6 Å². The number of aromatic hydroxyl groups is 1. The Morgan fingerprint density at radius 2 is 1.84 bits per heavy atom. The highest BCUT2D eigenvalue weighted by Crippen LogP contribution is 2.53. The maximum Gasteiger partial charge on any atom is 0.412 e. The number of aliphatic hydroxyl groups is 4. The summed E-state index contributed by atoms with van der Waals surface area (Å²) in [6, 6.07) is 0.369. The number of benzene rings is 1. The third kappa shape index (κ3) is 5.08. The fourth-order valence-corrected chi connectivity index (χ4v) is 6.59. The molecule has 234 valence electrons. The first kappa shape index (κ1) is 31.8. The second kappa shape index (κ2) is 11.2. The zero-order valence-electron chi connectivity index (χ0n) is 24.6. The quantitative estimate of drug-likeness (QED) is 0.122. The van der Waals surface area contributed by atoms with Gasteiger partial charge in [-0.05, 0) is 42.9 Å². The molecule has 0 radical (unpaired) electrons. The summed E-state index contributed by atoms with van der Waals surface area (Å²) >= 11 is 0. The molecular weight excluding hydrogens is 564 g/mol. The molecule has 3 aliphatic carbocycles. The lowest BCUT2D eigenvalue weighted by molar-refractivity contribution is -0.150. The number of primary amides is 1. The molecule has 3 unspecified atom stereocenters. The van der Waals surface area contributed by atoms with Crippen molar-refractivity contribution in [1.29, 1.82) is 0 Å². The summed E-state index contributed by atoms with van der Waals surface area (Å²) in [5, 5.41) is 60.5. The van der Waals surface area contributed by atoms with Crippen LogP contribution in [0.5, 0.6) is 5.75 Å². The van der Waals surface area contributed by atoms with Crippen molar-refractivity contribution >= 4 is 35.0 Å². The standard InChI is InChI=1S/C29H38N4O10/c1-28(2,3)10-33(27(41)43-11-34)9-13-8-16(31-4)14-6-12-7-15-20(32-5)23(37)19(26(30)40)25(39)29(15,42)24(38)17(12)22(36)18(14)21(13)35/h8,12,15,20,31-32,34-36,39,42H,6-7,9-11H2,1-5H3,(H2,30,40)/t12?,15?,20-,29?/m0/s1. The van der Waals surface area contributed by atoms with Gasteiger partial charge in [-0.15, -0.1) is 0 Å². The predicted octanol–water partition coefficient (Wildman–Crippen LogP) is 0.598. The zero-order valence-corrected chi connectivity index (χ0v) is 24.6. The van der Waals surface area contributed by atoms with E-state index in [0.717, 1.165) is 0 Å². The maximum atomic E-state index is 14.0. The Morgan fingerprint density at radius 3 is 2.37 bits per heavy atom. The number of ether oxygens (including phenoxy) is 1. The number of carbonyl (C=O) groups is 4. The van der Waals surface area contributed by atoms with E-state index in [4.69, 9.17) is 15.6 Å². The van der Waals surface area contributed by atoms with Crippen LogP contribution in [0.25, 0.3) is 5.76 Å². The molecule has 1 saturated carbocycles. The smallest absolute Gasteiger partial charge is 0.412 e. The van der Waals surface area contributed by atoms with E-state index in [1.165, 1.54) is 11.9 Å². The lowest BCUT2D eigenvalue weighted by Crippen LogP contribution is -2.65. The molecule has 0 spiro atoms. The van der Waals surface area contributed by atoms with E-state index < -0.39 is 82.1 Å². The number of carbonyl (C=O) groups excluding carboxylic acids is 4. The van der Waals surface area contributed by atoms with Crippen LogP contribution >= 0.6 is 0 Å². The van der Waals surface area contributed by atoms with Crippen molar-refractivity contribution in [3.63, 3.8) is 0 Å². The summed E-state index contributed by atoms with van der Waals surface area (Å²) < 4.78 is 4.78. The van der Waals surface area contributed by atoms with Crippen molar-refractivity contribution in [2.75, 3.05) is 32.7 Å². The molecule has 9 N–H and O–H groups in total. The number of Topliss-reactive ketones (excluding diaryl/α,β-unsaturated/α-hetero) is 2. The van der Waals surface area contributed by atoms with Gasteiger partial charge in [0.2, 0.25) is 5.78 Å². The molecular formula is C29H38N4O10. The number of phenolic OH excluding ortho intramolecular Hbond substituents is 1. The van der Waals surface area contributed by atoms with E-state index in [1.807, 2.05) is 20.8 Å². The Balaban J connectivity index is 1.89. The highest BCUT2D eigenvalue weighted by Gasteiger charge is 2.63. The number of amides is 2. The number of ketones is 2. The molecule has 14 heteroatoms. The molecule has 3 aliphatic rings. The summed E-state index contributed by atoms with van der Waals surface area (Å²) in [6.45, 7) is 4.78. The van der Waals surface area contributed by atoms with Crippen LogP contribution in [0.1, 0.15) is 43.9 Å². The highest BCUT2D eigenvalue weighted by atomic mass is 16.6. The number of hydrogen-bond donors (Lipinski definition) is 8. The van der Waals surface area contributed by atoms with Crippen molar-refractivity contribution in [2.24, 2.45) is 23.0 Å². The molecule has 14 nitrogen and oxygen atoms in total. The van der Waals surface area contributed by atoms with Crippen molar-refractivity contribution in [3.8, 4) is 5.75 Å². The summed E-state index contributed by atoms with van der Waals surface area (Å²) in [6.07, 6.45) is -0.781. The molecule has 4 atom stereocenters. The molecule has 2 amide bonds. The molecule has 4 rings (SSSR count). The van der Waals surface area contributed by atoms with Crippen LogP contribution in [0.4, 0.5) is 10.5 Å². The van der Waals surface area contributed by atoms with Gasteiger partial charge in [-0.3, -0.25) is 14.4 Å². The number of rotatable bonds is 7. The molecule has 0 heterocycles. The minimum Gasteiger partial charge on any atom is -0.508 e. The average molecular weight is 603 g/mol. The third-order valence-electron chi connectivity index (χ3n) is 8.33. The number of nitrogens with two attached hydrogens (primary N) is 1. The van der Waals surface area contributed by atoms with Crippen LogP contribution in [-0.4, -0.2) is 93.1 Å². The Morgan fingerprint density at radius 1 is 1.19 bits per heavy atom. The normalized spacial score (nSPS) is 25.1. The van der Waals surface area contributed by atoms with E-state index in [9.17, 15) is 39.6 Å². The highest BCUT2D eigenvalue weighted by molar-refractivity contribution is 6.24. The number of likely N-dealkylation sites (N-methyl/N-ethyl adjacent to an activating group) is 1. The predicted molar refractivity (Wildman–Crippen MR) is 153 cm³/mol. The molecule has 43 heavy (non-hydrogen) atoms. The van der Waals surface area contributed by atoms with Gasteiger partial charge in [-0.2, -0.15) is 0 Å². The van der Waals surface area contributed by atoms with Gasteiger partial charge < -0.3 is 51.5 Å². The van der Waals surface area contributed by atoms with Gasteiger partial charge in [-0.25, -0.2) is 4.79 Å². The first-order chi connectivity index (χ1) is 20.0. The molecule has 0 aliphatic heterocycles. The van der Waals surface area contributed by atoms with Gasteiger partial charge in [0.1, 0.15) is 22.8 Å². The van der Waals surface area contributed by atoms with Crippen molar-refractivity contribution in [3.05, 3.63) is 39.7 Å². The van der Waals surface area contributed by atoms with Gasteiger partial charge >= 0.3 is 6.09 Å². The van der Waals surface area contributed by atoms with Gasteiger partial charge in [0, 0.05) is 36.3 Å². The summed E-state index contributed by atoms with van der Waals surface area (Å²) in [5.74, 6) is -7.49. The monoisotopic (exact) mass is 602 g/mol. The number of aliphatic hydroxyl groups excluding tert-OH is 3. The van der Waals surface area contributed by atoms with Gasteiger partial charge in [0.05, 0.1) is 18.2 Å². The zero-order chi connectivity index (χ0) is 32.2. The van der Waals surface area contributed by atoms with Crippen LogP contribution in [-0.2, 0) is 32.1 Å².